The number of nitrogens with zero attached hydrogens (tertiary/aromatic N) is 3. The van der Waals surface area contributed by atoms with Crippen molar-refractivity contribution in [2.45, 2.75) is 13.8 Å². The summed E-state index contributed by atoms with van der Waals surface area (Å²) in [5.74, 6) is 0.533. The smallest absolute Gasteiger partial charge is 0.379 e. The first-order valence-electron chi connectivity index (χ1n) is 7.95. The van der Waals surface area contributed by atoms with Crippen molar-refractivity contribution in [3.05, 3.63) is 59.8 Å². The Kier molecular flexibility index (Phi) is 5.02. The molecule has 3 aromatic rings. The van der Waals surface area contributed by atoms with Crippen LogP contribution in [0, 0.1) is 6.92 Å². The number of ether oxygens (including phenoxy) is 2. The van der Waals surface area contributed by atoms with Gasteiger partial charge in [0.2, 0.25) is 11.7 Å². The maximum atomic E-state index is 12.0. The minimum Gasteiger partial charge on any atom is -0.490 e. The van der Waals surface area contributed by atoms with Gasteiger partial charge in [0.25, 0.3) is 0 Å². The van der Waals surface area contributed by atoms with Crippen molar-refractivity contribution in [1.82, 2.24) is 9.66 Å². The first kappa shape index (κ1) is 17.3. The van der Waals surface area contributed by atoms with Crippen molar-refractivity contribution >= 4 is 18.1 Å². The van der Waals surface area contributed by atoms with Crippen LogP contribution in [-0.2, 0) is 0 Å². The van der Waals surface area contributed by atoms with Crippen molar-refractivity contribution in [3.63, 3.8) is 0 Å². The number of anilines is 1. The third-order valence-corrected chi connectivity index (χ3v) is 3.36. The van der Waals surface area contributed by atoms with E-state index in [4.69, 9.17) is 19.6 Å². The summed E-state index contributed by atoms with van der Waals surface area (Å²) < 4.78 is 17.4. The molecule has 0 aliphatic rings. The van der Waals surface area contributed by atoms with Gasteiger partial charge in [0.1, 0.15) is 0 Å². The van der Waals surface area contributed by atoms with E-state index in [1.807, 2.05) is 13.8 Å². The number of carbonyl (C=O) groups is 1. The lowest BCUT2D eigenvalue weighted by atomic mass is 10.2. The van der Waals surface area contributed by atoms with Crippen LogP contribution in [0.25, 0.3) is 0 Å². The number of hydrogen-bond acceptors (Lipinski definition) is 7. The van der Waals surface area contributed by atoms with Gasteiger partial charge in [-0.05, 0) is 49.7 Å². The molecule has 0 fully saturated rings. The molecule has 134 valence electrons. The number of benzene rings is 1. The molecule has 2 N–H and O–H groups in total. The van der Waals surface area contributed by atoms with Crippen LogP contribution >= 0.6 is 0 Å². The molecule has 0 bridgehead atoms. The van der Waals surface area contributed by atoms with Crippen LogP contribution in [0.3, 0.4) is 0 Å². The van der Waals surface area contributed by atoms with Crippen molar-refractivity contribution in [2.75, 3.05) is 12.3 Å². The summed E-state index contributed by atoms with van der Waals surface area (Å²) in [6.45, 7) is 4.09. The van der Waals surface area contributed by atoms with E-state index < -0.39 is 5.97 Å². The minimum atomic E-state index is -0.598. The summed E-state index contributed by atoms with van der Waals surface area (Å²) in [5.41, 5.74) is 7.28. The Hall–Kier alpha value is -3.55. The normalized spacial score (nSPS) is 11.0. The van der Waals surface area contributed by atoms with Crippen LogP contribution in [-0.4, -0.2) is 28.5 Å². The highest BCUT2D eigenvalue weighted by molar-refractivity contribution is 5.89. The van der Waals surface area contributed by atoms with Gasteiger partial charge in [0, 0.05) is 0 Å². The third-order valence-electron chi connectivity index (χ3n) is 3.36. The summed E-state index contributed by atoms with van der Waals surface area (Å²) in [4.78, 5) is 16.1. The highest BCUT2D eigenvalue weighted by Gasteiger charge is 2.15. The zero-order valence-electron chi connectivity index (χ0n) is 14.4. The molecule has 8 nitrogen and oxygen atoms in total. The zero-order valence-corrected chi connectivity index (χ0v) is 14.4. The van der Waals surface area contributed by atoms with Gasteiger partial charge >= 0.3 is 5.97 Å². The molecule has 0 saturated carbocycles. The Morgan fingerprint density at radius 3 is 2.88 bits per heavy atom. The average Bonchev–Trinajstić information content (AvgIpc) is 3.25. The molecule has 0 radical (unpaired) electrons. The van der Waals surface area contributed by atoms with Gasteiger partial charge in [0.15, 0.2) is 11.5 Å². The van der Waals surface area contributed by atoms with Crippen LogP contribution in [0.15, 0.2) is 52.3 Å². The van der Waals surface area contributed by atoms with Gasteiger partial charge in [-0.3, -0.25) is 0 Å². The Bertz CT molecular complexity index is 929. The van der Waals surface area contributed by atoms with Crippen LogP contribution in [0.4, 0.5) is 5.95 Å². The standard InChI is InChI=1S/C18H18N4O4/c1-3-24-16-9-13(10-20-22-11-12(2)21-18(22)19)6-7-14(16)26-17(23)15-5-4-8-25-15/h4-11H,3H2,1-2H3,(H2,19,21). The summed E-state index contributed by atoms with van der Waals surface area (Å²) in [7, 11) is 0. The number of nitrogen functional groups attached to an aromatic ring is 1. The molecule has 0 amide bonds. The molecule has 2 heterocycles. The maximum Gasteiger partial charge on any atom is 0.379 e. The van der Waals surface area contributed by atoms with E-state index in [1.54, 1.807) is 36.7 Å². The van der Waals surface area contributed by atoms with E-state index >= 15 is 0 Å². The average molecular weight is 354 g/mol. The monoisotopic (exact) mass is 354 g/mol. The second-order valence-corrected chi connectivity index (χ2v) is 5.34. The van der Waals surface area contributed by atoms with Gasteiger partial charge in [-0.15, -0.1) is 0 Å². The van der Waals surface area contributed by atoms with E-state index in [0.717, 1.165) is 11.3 Å². The summed E-state index contributed by atoms with van der Waals surface area (Å²) >= 11 is 0. The molecule has 1 aromatic carbocycles. The lowest BCUT2D eigenvalue weighted by molar-refractivity contribution is 0.0695. The number of hydrogen-bond donors (Lipinski definition) is 1. The molecular weight excluding hydrogens is 336 g/mol. The quantitative estimate of drug-likeness (QED) is 0.414. The van der Waals surface area contributed by atoms with Crippen LogP contribution < -0.4 is 15.2 Å². The van der Waals surface area contributed by atoms with E-state index in [2.05, 4.69) is 10.1 Å². The molecule has 0 saturated heterocycles. The number of nitrogens with two attached hydrogens (primary N) is 1. The number of esters is 1. The van der Waals surface area contributed by atoms with Crippen molar-refractivity contribution in [2.24, 2.45) is 5.10 Å². The van der Waals surface area contributed by atoms with Crippen LogP contribution in [0.2, 0.25) is 0 Å². The number of rotatable bonds is 6. The fourth-order valence-corrected chi connectivity index (χ4v) is 2.23. The Balaban J connectivity index is 1.82. The molecule has 2 aromatic heterocycles. The molecule has 0 spiro atoms. The molecule has 3 rings (SSSR count). The van der Waals surface area contributed by atoms with E-state index in [0.29, 0.717) is 24.1 Å². The Labute approximate surface area is 149 Å². The van der Waals surface area contributed by atoms with Crippen molar-refractivity contribution in [1.29, 1.82) is 0 Å². The predicted molar refractivity (Wildman–Crippen MR) is 95.6 cm³/mol. The summed E-state index contributed by atoms with van der Waals surface area (Å²) in [5, 5.41) is 4.26. The zero-order chi connectivity index (χ0) is 18.5. The second kappa shape index (κ2) is 7.56. The third kappa shape index (κ3) is 3.92. The van der Waals surface area contributed by atoms with Crippen molar-refractivity contribution < 1.29 is 18.7 Å². The number of imidazole rings is 1. The van der Waals surface area contributed by atoms with Gasteiger partial charge in [-0.2, -0.15) is 5.10 Å². The number of carbonyl (C=O) groups excluding carboxylic acids is 1. The summed E-state index contributed by atoms with van der Waals surface area (Å²) in [6.07, 6.45) is 4.73. The Morgan fingerprint density at radius 1 is 1.38 bits per heavy atom. The number of aryl methyl sites for hydroxylation is 1. The molecule has 0 unspecified atom stereocenters. The highest BCUT2D eigenvalue weighted by Crippen LogP contribution is 2.29. The lowest BCUT2D eigenvalue weighted by Gasteiger charge is -2.10. The van der Waals surface area contributed by atoms with Gasteiger partial charge in [-0.25, -0.2) is 14.5 Å². The summed E-state index contributed by atoms with van der Waals surface area (Å²) in [6, 6.07) is 8.24. The molecular formula is C18H18N4O4. The second-order valence-electron chi connectivity index (χ2n) is 5.34. The first-order valence-corrected chi connectivity index (χ1v) is 7.95. The van der Waals surface area contributed by atoms with E-state index in [-0.39, 0.29) is 5.76 Å². The Morgan fingerprint density at radius 2 is 2.23 bits per heavy atom. The van der Waals surface area contributed by atoms with E-state index in [9.17, 15) is 4.79 Å². The molecule has 0 atom stereocenters. The molecule has 0 aliphatic heterocycles. The van der Waals surface area contributed by atoms with Crippen LogP contribution in [0.1, 0.15) is 28.7 Å². The molecule has 0 aliphatic carbocycles. The fourth-order valence-electron chi connectivity index (χ4n) is 2.23. The van der Waals surface area contributed by atoms with Gasteiger partial charge < -0.3 is 19.6 Å². The van der Waals surface area contributed by atoms with Crippen LogP contribution in [0.5, 0.6) is 11.5 Å². The topological polar surface area (TPSA) is 105 Å². The SMILES string of the molecule is CCOc1cc(C=Nn2cc(C)nc2N)ccc1OC(=O)c1ccco1. The minimum absolute atomic E-state index is 0.115. The maximum absolute atomic E-state index is 12.0. The highest BCUT2D eigenvalue weighted by atomic mass is 16.6. The van der Waals surface area contributed by atoms with E-state index in [1.165, 1.54) is 17.0 Å². The first-order chi connectivity index (χ1) is 12.6. The predicted octanol–water partition coefficient (Wildman–Crippen LogP) is 2.87. The van der Waals surface area contributed by atoms with Crippen molar-refractivity contribution in [3.8, 4) is 11.5 Å². The van der Waals surface area contributed by atoms with Gasteiger partial charge in [0.05, 0.1) is 31.0 Å². The van der Waals surface area contributed by atoms with Gasteiger partial charge in [-0.1, -0.05) is 0 Å². The number of aromatic nitrogens is 2. The fraction of sp³-hybridized carbons (Fsp3) is 0.167. The lowest BCUT2D eigenvalue weighted by Crippen LogP contribution is -2.09. The number of furan rings is 1. The largest absolute Gasteiger partial charge is 0.490 e. The molecule has 8 heteroatoms. The molecule has 26 heavy (non-hydrogen) atoms.